The second-order valence-electron chi connectivity index (χ2n) is 8.80. The molecule has 3 aromatic rings. The molecule has 1 saturated heterocycles. The van der Waals surface area contributed by atoms with Gasteiger partial charge in [0, 0.05) is 26.2 Å². The second-order valence-corrected chi connectivity index (χ2v) is 8.80. The number of anilines is 1. The van der Waals surface area contributed by atoms with E-state index in [-0.39, 0.29) is 11.9 Å². The van der Waals surface area contributed by atoms with Crippen molar-refractivity contribution in [3.05, 3.63) is 65.7 Å². The van der Waals surface area contributed by atoms with Crippen LogP contribution in [-0.4, -0.2) is 57.9 Å². The molecule has 1 aliphatic carbocycles. The van der Waals surface area contributed by atoms with Gasteiger partial charge in [-0.15, -0.1) is 5.10 Å². The molecule has 33 heavy (non-hydrogen) atoms. The molecular formula is C25H31FN6O. The van der Waals surface area contributed by atoms with Gasteiger partial charge in [0.05, 0.1) is 24.4 Å². The number of para-hydroxylation sites is 1. The summed E-state index contributed by atoms with van der Waals surface area (Å²) < 4.78 is 22.1. The zero-order valence-corrected chi connectivity index (χ0v) is 19.1. The van der Waals surface area contributed by atoms with E-state index in [2.05, 4.69) is 42.1 Å². The zero-order valence-electron chi connectivity index (χ0n) is 19.1. The van der Waals surface area contributed by atoms with Gasteiger partial charge < -0.3 is 9.64 Å². The van der Waals surface area contributed by atoms with Crippen molar-refractivity contribution < 1.29 is 9.13 Å². The first-order chi connectivity index (χ1) is 16.2. The van der Waals surface area contributed by atoms with Gasteiger partial charge in [0.25, 0.3) is 0 Å². The van der Waals surface area contributed by atoms with Gasteiger partial charge in [-0.2, -0.15) is 0 Å². The van der Waals surface area contributed by atoms with Crippen LogP contribution in [0.15, 0.2) is 48.5 Å². The van der Waals surface area contributed by atoms with Crippen LogP contribution in [0.1, 0.15) is 56.1 Å². The van der Waals surface area contributed by atoms with Crippen LogP contribution in [-0.2, 0) is 0 Å². The molecule has 1 aromatic heterocycles. The average Bonchev–Trinajstić information content (AvgIpc) is 3.54. The van der Waals surface area contributed by atoms with Gasteiger partial charge in [-0.3, -0.25) is 4.90 Å². The first kappa shape index (κ1) is 21.8. The molecule has 0 spiro atoms. The number of piperazine rings is 1. The number of hydrogen-bond acceptors (Lipinski definition) is 6. The Labute approximate surface area is 194 Å². The summed E-state index contributed by atoms with van der Waals surface area (Å²) in [6, 6.07) is 15.6. The van der Waals surface area contributed by atoms with Gasteiger partial charge in [-0.1, -0.05) is 37.1 Å². The molecular weight excluding hydrogens is 419 g/mol. The van der Waals surface area contributed by atoms with Gasteiger partial charge in [0.1, 0.15) is 11.6 Å². The van der Waals surface area contributed by atoms with Crippen LogP contribution in [0.5, 0.6) is 5.75 Å². The van der Waals surface area contributed by atoms with Crippen molar-refractivity contribution in [2.75, 3.05) is 37.7 Å². The predicted octanol–water partition coefficient (Wildman–Crippen LogP) is 4.24. The van der Waals surface area contributed by atoms with E-state index in [1.807, 2.05) is 31.2 Å². The summed E-state index contributed by atoms with van der Waals surface area (Å²) in [5.74, 6) is 1.59. The number of ether oxygens (including phenoxy) is 1. The second kappa shape index (κ2) is 9.87. The molecule has 2 fully saturated rings. The molecule has 0 radical (unpaired) electrons. The average molecular weight is 451 g/mol. The van der Waals surface area contributed by atoms with Crippen molar-refractivity contribution in [2.24, 2.45) is 0 Å². The molecule has 2 aliphatic rings. The van der Waals surface area contributed by atoms with Crippen LogP contribution in [0.3, 0.4) is 0 Å². The first-order valence-electron chi connectivity index (χ1n) is 12.0. The molecule has 8 heteroatoms. The molecule has 1 unspecified atom stereocenters. The Bertz CT molecular complexity index is 1040. The minimum absolute atomic E-state index is 0.0564. The Kier molecular flexibility index (Phi) is 6.53. The van der Waals surface area contributed by atoms with E-state index in [0.29, 0.717) is 18.3 Å². The van der Waals surface area contributed by atoms with Gasteiger partial charge in [0.2, 0.25) is 0 Å². The number of halogens is 1. The molecule has 0 bridgehead atoms. The fourth-order valence-electron chi connectivity index (χ4n) is 5.15. The Hall–Kier alpha value is -3.00. The van der Waals surface area contributed by atoms with Crippen molar-refractivity contribution >= 4 is 5.69 Å². The molecule has 1 atom stereocenters. The third kappa shape index (κ3) is 4.57. The van der Waals surface area contributed by atoms with E-state index in [1.54, 1.807) is 6.07 Å². The van der Waals surface area contributed by atoms with Crippen LogP contribution in [0.4, 0.5) is 10.1 Å². The number of hydrogen-bond donors (Lipinski definition) is 0. The highest BCUT2D eigenvalue weighted by Crippen LogP contribution is 2.35. The minimum atomic E-state index is -0.167. The van der Waals surface area contributed by atoms with Crippen molar-refractivity contribution in [1.29, 1.82) is 0 Å². The van der Waals surface area contributed by atoms with Crippen LogP contribution >= 0.6 is 0 Å². The highest BCUT2D eigenvalue weighted by Gasteiger charge is 2.33. The Morgan fingerprint density at radius 2 is 1.73 bits per heavy atom. The van der Waals surface area contributed by atoms with Crippen molar-refractivity contribution in [3.63, 3.8) is 0 Å². The van der Waals surface area contributed by atoms with Crippen molar-refractivity contribution in [3.8, 4) is 5.75 Å². The summed E-state index contributed by atoms with van der Waals surface area (Å²) in [7, 11) is 0. The lowest BCUT2D eigenvalue weighted by molar-refractivity contribution is 0.197. The lowest BCUT2D eigenvalue weighted by atomic mass is 10.0. The van der Waals surface area contributed by atoms with Crippen LogP contribution in [0.2, 0.25) is 0 Å². The Morgan fingerprint density at radius 3 is 2.42 bits per heavy atom. The summed E-state index contributed by atoms with van der Waals surface area (Å²) in [5, 5.41) is 13.0. The summed E-state index contributed by atoms with van der Waals surface area (Å²) in [5.41, 5.74) is 1.82. The third-order valence-electron chi connectivity index (χ3n) is 6.81. The maximum absolute atomic E-state index is 14.3. The number of nitrogens with zero attached hydrogens (tertiary/aromatic N) is 6. The SMILES string of the molecule is CCOc1ccc(C(c2nnnn2C2CCCC2)N2CCN(c3ccccc3F)CC2)cc1. The van der Waals surface area contributed by atoms with Gasteiger partial charge >= 0.3 is 0 Å². The quantitative estimate of drug-likeness (QED) is 0.537. The van der Waals surface area contributed by atoms with E-state index in [1.165, 1.54) is 18.9 Å². The number of tetrazole rings is 1. The topological polar surface area (TPSA) is 59.3 Å². The predicted molar refractivity (Wildman–Crippen MR) is 125 cm³/mol. The molecule has 5 rings (SSSR count). The standard InChI is InChI=1S/C25H31FN6O/c1-2-33-21-13-11-19(12-14-21)24(25-27-28-29-32(25)20-7-3-4-8-20)31-17-15-30(16-18-31)23-10-6-5-9-22(23)26/h5-6,9-14,20,24H,2-4,7-8,15-18H2,1H3. The highest BCUT2D eigenvalue weighted by atomic mass is 19.1. The molecule has 0 N–H and O–H groups in total. The molecule has 2 heterocycles. The van der Waals surface area contributed by atoms with Crippen LogP contribution in [0.25, 0.3) is 0 Å². The fourth-order valence-corrected chi connectivity index (χ4v) is 5.15. The van der Waals surface area contributed by atoms with Gasteiger partial charge in [-0.05, 0) is 60.0 Å². The van der Waals surface area contributed by atoms with Crippen molar-refractivity contribution in [1.82, 2.24) is 25.1 Å². The van der Waals surface area contributed by atoms with E-state index in [4.69, 9.17) is 4.74 Å². The maximum atomic E-state index is 14.3. The van der Waals surface area contributed by atoms with E-state index < -0.39 is 0 Å². The molecule has 174 valence electrons. The molecule has 2 aromatic carbocycles. The number of aromatic nitrogens is 4. The first-order valence-corrected chi connectivity index (χ1v) is 12.0. The number of benzene rings is 2. The van der Waals surface area contributed by atoms with Gasteiger partial charge in [0.15, 0.2) is 5.82 Å². The molecule has 1 saturated carbocycles. The van der Waals surface area contributed by atoms with Crippen molar-refractivity contribution in [2.45, 2.75) is 44.7 Å². The monoisotopic (exact) mass is 450 g/mol. The van der Waals surface area contributed by atoms with E-state index in [9.17, 15) is 4.39 Å². The third-order valence-corrected chi connectivity index (χ3v) is 6.81. The highest BCUT2D eigenvalue weighted by molar-refractivity contribution is 5.48. The number of rotatable bonds is 7. The van der Waals surface area contributed by atoms with Crippen LogP contribution < -0.4 is 9.64 Å². The molecule has 0 amide bonds. The lowest BCUT2D eigenvalue weighted by Gasteiger charge is -2.40. The largest absolute Gasteiger partial charge is 0.494 e. The summed E-state index contributed by atoms with van der Waals surface area (Å²) >= 11 is 0. The molecule has 7 nitrogen and oxygen atoms in total. The Morgan fingerprint density at radius 1 is 1.00 bits per heavy atom. The maximum Gasteiger partial charge on any atom is 0.173 e. The normalized spacial score (nSPS) is 18.5. The Balaban J connectivity index is 1.43. The minimum Gasteiger partial charge on any atom is -0.494 e. The summed E-state index contributed by atoms with van der Waals surface area (Å²) in [6.07, 6.45) is 4.68. The lowest BCUT2D eigenvalue weighted by Crippen LogP contribution is -2.48. The summed E-state index contributed by atoms with van der Waals surface area (Å²) in [6.45, 7) is 5.72. The van der Waals surface area contributed by atoms with E-state index in [0.717, 1.165) is 56.2 Å². The van der Waals surface area contributed by atoms with Gasteiger partial charge in [-0.25, -0.2) is 9.07 Å². The van der Waals surface area contributed by atoms with E-state index >= 15 is 0 Å². The zero-order chi connectivity index (χ0) is 22.6. The summed E-state index contributed by atoms with van der Waals surface area (Å²) in [4.78, 5) is 4.55. The molecule has 1 aliphatic heterocycles. The van der Waals surface area contributed by atoms with Crippen LogP contribution in [0, 0.1) is 5.82 Å². The fraction of sp³-hybridized carbons (Fsp3) is 0.480. The smallest absolute Gasteiger partial charge is 0.173 e.